The molecule has 0 bridgehead atoms. The van der Waals surface area contributed by atoms with Gasteiger partial charge in [-0.2, -0.15) is 0 Å². The maximum absolute atomic E-state index is 13.2. The van der Waals surface area contributed by atoms with E-state index in [4.69, 9.17) is 15.2 Å². The van der Waals surface area contributed by atoms with Gasteiger partial charge in [-0.3, -0.25) is 4.79 Å². The van der Waals surface area contributed by atoms with E-state index >= 15 is 0 Å². The molecule has 3 fully saturated rings. The predicted molar refractivity (Wildman–Crippen MR) is 121 cm³/mol. The van der Waals surface area contributed by atoms with Crippen molar-refractivity contribution in [1.29, 1.82) is 0 Å². The number of nitrogens with zero attached hydrogens (tertiary/aromatic N) is 2. The Labute approximate surface area is 188 Å². The Hall–Kier alpha value is -1.34. The molecule has 178 valence electrons. The number of ether oxygens (including phenoxy) is 2. The molecule has 3 rings (SSSR count). The van der Waals surface area contributed by atoms with Gasteiger partial charge < -0.3 is 25.0 Å². The van der Waals surface area contributed by atoms with E-state index in [1.54, 1.807) is 4.90 Å². The van der Waals surface area contributed by atoms with Gasteiger partial charge in [0.05, 0.1) is 24.7 Å². The number of hydrogen-bond acceptors (Lipinski definition) is 5. The molecule has 1 unspecified atom stereocenters. The van der Waals surface area contributed by atoms with Crippen LogP contribution in [-0.2, 0) is 14.3 Å². The fourth-order valence-electron chi connectivity index (χ4n) is 5.08. The summed E-state index contributed by atoms with van der Waals surface area (Å²) in [5, 5.41) is 0. The first kappa shape index (κ1) is 24.3. The fourth-order valence-corrected chi connectivity index (χ4v) is 5.08. The van der Waals surface area contributed by atoms with E-state index in [-0.39, 0.29) is 36.1 Å². The highest BCUT2D eigenvalue weighted by atomic mass is 16.6. The van der Waals surface area contributed by atoms with Gasteiger partial charge in [-0.15, -0.1) is 0 Å². The summed E-state index contributed by atoms with van der Waals surface area (Å²) < 4.78 is 11.7. The van der Waals surface area contributed by atoms with Crippen molar-refractivity contribution in [2.45, 2.75) is 96.9 Å². The van der Waals surface area contributed by atoms with Gasteiger partial charge in [0.2, 0.25) is 5.91 Å². The van der Waals surface area contributed by atoms with Crippen LogP contribution in [0.4, 0.5) is 4.79 Å². The first-order chi connectivity index (χ1) is 14.5. The van der Waals surface area contributed by atoms with Crippen molar-refractivity contribution in [2.75, 3.05) is 26.2 Å². The number of nitrogens with two attached hydrogens (primary N) is 1. The van der Waals surface area contributed by atoms with Crippen molar-refractivity contribution < 1.29 is 19.1 Å². The lowest BCUT2D eigenvalue weighted by Crippen LogP contribution is -2.63. The van der Waals surface area contributed by atoms with Crippen LogP contribution in [0.15, 0.2) is 0 Å². The molecule has 2 amide bonds. The van der Waals surface area contributed by atoms with Crippen LogP contribution < -0.4 is 5.73 Å². The van der Waals surface area contributed by atoms with E-state index < -0.39 is 5.60 Å². The molecule has 2 saturated heterocycles. The average molecular weight is 438 g/mol. The number of carbonyl (C=O) groups excluding carboxylic acids is 2. The molecule has 2 aliphatic heterocycles. The van der Waals surface area contributed by atoms with Crippen LogP contribution in [0.25, 0.3) is 0 Å². The first-order valence-electron chi connectivity index (χ1n) is 12.2. The summed E-state index contributed by atoms with van der Waals surface area (Å²) in [6, 6.07) is -0.119. The quantitative estimate of drug-likeness (QED) is 0.712. The minimum absolute atomic E-state index is 0.0493. The molecule has 0 radical (unpaired) electrons. The lowest BCUT2D eigenvalue weighted by atomic mass is 9.80. The Morgan fingerprint density at radius 3 is 2.29 bits per heavy atom. The molecule has 31 heavy (non-hydrogen) atoms. The summed E-state index contributed by atoms with van der Waals surface area (Å²) in [5.74, 6) is 1.49. The van der Waals surface area contributed by atoms with Gasteiger partial charge in [0, 0.05) is 25.7 Å². The van der Waals surface area contributed by atoms with Gasteiger partial charge in [0.1, 0.15) is 5.60 Å². The summed E-state index contributed by atoms with van der Waals surface area (Å²) in [5.41, 5.74) is 5.91. The molecule has 1 saturated carbocycles. The maximum atomic E-state index is 13.2. The lowest BCUT2D eigenvalue weighted by molar-refractivity contribution is -0.147. The minimum atomic E-state index is -0.525. The van der Waals surface area contributed by atoms with Crippen LogP contribution in [0.3, 0.4) is 0 Å². The van der Waals surface area contributed by atoms with Crippen LogP contribution in [0, 0.1) is 17.8 Å². The van der Waals surface area contributed by atoms with Gasteiger partial charge in [0.15, 0.2) is 0 Å². The van der Waals surface area contributed by atoms with Crippen LogP contribution in [0.1, 0.15) is 73.1 Å². The molecule has 7 heteroatoms. The Kier molecular flexibility index (Phi) is 7.90. The molecular weight excluding hydrogens is 394 g/mol. The summed E-state index contributed by atoms with van der Waals surface area (Å²) in [6.07, 6.45) is 6.45. The smallest absolute Gasteiger partial charge is 0.410 e. The number of rotatable bonds is 5. The molecular formula is C24H43N3O4. The molecule has 7 nitrogen and oxygen atoms in total. The fraction of sp³-hybridized carbons (Fsp3) is 0.917. The normalized spacial score (nSPS) is 30.3. The minimum Gasteiger partial charge on any atom is -0.444 e. The maximum Gasteiger partial charge on any atom is 0.410 e. The van der Waals surface area contributed by atoms with Crippen molar-refractivity contribution in [2.24, 2.45) is 23.5 Å². The molecule has 2 N–H and O–H groups in total. The SMILES string of the molecule is CC(C)[C@H]1CC[C@@H](OC[C@H]2C(N)CCCN2C(=O)C2CN(C(=O)OC(C)(C)C)C2)CC1. The van der Waals surface area contributed by atoms with Crippen molar-refractivity contribution in [3.05, 3.63) is 0 Å². The van der Waals surface area contributed by atoms with Gasteiger partial charge in [0.25, 0.3) is 0 Å². The summed E-state index contributed by atoms with van der Waals surface area (Å²) in [7, 11) is 0. The van der Waals surface area contributed by atoms with E-state index in [0.717, 1.165) is 44.1 Å². The van der Waals surface area contributed by atoms with Crippen molar-refractivity contribution >= 4 is 12.0 Å². The zero-order valence-electron chi connectivity index (χ0n) is 20.1. The number of carbonyl (C=O) groups is 2. The molecule has 1 aliphatic carbocycles. The molecule has 3 aliphatic rings. The Bertz CT molecular complexity index is 619. The van der Waals surface area contributed by atoms with Crippen LogP contribution in [-0.4, -0.2) is 71.8 Å². The van der Waals surface area contributed by atoms with Crippen molar-refractivity contribution in [3.63, 3.8) is 0 Å². The summed E-state index contributed by atoms with van der Waals surface area (Å²) >= 11 is 0. The molecule has 2 heterocycles. The van der Waals surface area contributed by atoms with Crippen LogP contribution in [0.5, 0.6) is 0 Å². The zero-order valence-corrected chi connectivity index (χ0v) is 20.1. The largest absolute Gasteiger partial charge is 0.444 e. The highest BCUT2D eigenvalue weighted by molar-refractivity contribution is 5.83. The summed E-state index contributed by atoms with van der Waals surface area (Å²) in [4.78, 5) is 28.9. The number of piperidine rings is 1. The van der Waals surface area contributed by atoms with Gasteiger partial charge in [-0.05, 0) is 71.1 Å². The zero-order chi connectivity index (χ0) is 22.8. The predicted octanol–water partition coefficient (Wildman–Crippen LogP) is 3.40. The Morgan fingerprint density at radius 2 is 1.71 bits per heavy atom. The van der Waals surface area contributed by atoms with Gasteiger partial charge >= 0.3 is 6.09 Å². The van der Waals surface area contributed by atoms with Crippen molar-refractivity contribution in [3.8, 4) is 0 Å². The van der Waals surface area contributed by atoms with Crippen LogP contribution in [0.2, 0.25) is 0 Å². The third kappa shape index (κ3) is 6.35. The molecule has 2 atom stereocenters. The van der Waals surface area contributed by atoms with E-state index in [0.29, 0.717) is 19.7 Å². The third-order valence-corrected chi connectivity index (χ3v) is 7.16. The number of likely N-dealkylation sites (tertiary alicyclic amines) is 2. The monoisotopic (exact) mass is 437 g/mol. The highest BCUT2D eigenvalue weighted by Gasteiger charge is 2.43. The molecule has 0 spiro atoms. The van der Waals surface area contributed by atoms with E-state index in [2.05, 4.69) is 13.8 Å². The molecule has 0 aromatic carbocycles. The second kappa shape index (κ2) is 10.1. The Morgan fingerprint density at radius 1 is 1.06 bits per heavy atom. The number of amides is 2. The third-order valence-electron chi connectivity index (χ3n) is 7.16. The van der Waals surface area contributed by atoms with Crippen LogP contribution >= 0.6 is 0 Å². The first-order valence-corrected chi connectivity index (χ1v) is 12.2. The van der Waals surface area contributed by atoms with Gasteiger partial charge in [-0.25, -0.2) is 4.79 Å². The van der Waals surface area contributed by atoms with E-state index in [1.807, 2.05) is 25.7 Å². The Balaban J connectivity index is 1.49. The van der Waals surface area contributed by atoms with E-state index in [1.165, 1.54) is 12.8 Å². The topological polar surface area (TPSA) is 85.1 Å². The summed E-state index contributed by atoms with van der Waals surface area (Å²) in [6.45, 7) is 12.3. The average Bonchev–Trinajstić information content (AvgIpc) is 2.64. The second-order valence-corrected chi connectivity index (χ2v) is 11.1. The molecule has 0 aromatic heterocycles. The highest BCUT2D eigenvalue weighted by Crippen LogP contribution is 2.32. The molecule has 0 aromatic rings. The lowest BCUT2D eigenvalue weighted by Gasteiger charge is -2.46. The second-order valence-electron chi connectivity index (χ2n) is 11.1. The van der Waals surface area contributed by atoms with Crippen molar-refractivity contribution in [1.82, 2.24) is 9.80 Å². The van der Waals surface area contributed by atoms with Gasteiger partial charge in [-0.1, -0.05) is 13.8 Å². The standard InChI is InChI=1S/C24H43N3O4/c1-16(2)17-8-10-19(11-9-17)30-15-21-20(25)7-6-12-27(21)22(28)18-13-26(14-18)23(29)31-24(3,4)5/h16-21H,6-15,25H2,1-5H3/t17-,19+,20?,21-/m0/s1. The number of hydrogen-bond donors (Lipinski definition) is 1. The van der Waals surface area contributed by atoms with E-state index in [9.17, 15) is 9.59 Å².